The molecule has 1 amide bonds. The van der Waals surface area contributed by atoms with Crippen LogP contribution in [0.5, 0.6) is 0 Å². The Morgan fingerprint density at radius 3 is 2.73 bits per heavy atom. The molecule has 0 spiro atoms. The molecule has 1 fully saturated rings. The summed E-state index contributed by atoms with van der Waals surface area (Å²) in [6, 6.07) is 5.17. The zero-order chi connectivity index (χ0) is 18.7. The Morgan fingerprint density at radius 2 is 2.08 bits per heavy atom. The summed E-state index contributed by atoms with van der Waals surface area (Å²) in [6.45, 7) is 5.85. The smallest absolute Gasteiger partial charge is 0.283 e. The van der Waals surface area contributed by atoms with Gasteiger partial charge in [-0.15, -0.1) is 11.3 Å². The standard InChI is InChI=1S/C17H21N5O3S/c1-12-14(22(24)25)10-15(26-12)17(23)19-11-13-3-4-18-16(9-13)21-7-5-20(2)6-8-21/h3-4,9-10H,5-8,11H2,1-2H3,(H,19,23). The lowest BCUT2D eigenvalue weighted by molar-refractivity contribution is -0.385. The predicted molar refractivity (Wildman–Crippen MR) is 101 cm³/mol. The Morgan fingerprint density at radius 1 is 1.35 bits per heavy atom. The largest absolute Gasteiger partial charge is 0.354 e. The van der Waals surface area contributed by atoms with Gasteiger partial charge in [0.05, 0.1) is 14.7 Å². The van der Waals surface area contributed by atoms with Crippen LogP contribution < -0.4 is 10.2 Å². The number of hydrogen-bond donors (Lipinski definition) is 1. The monoisotopic (exact) mass is 375 g/mol. The van der Waals surface area contributed by atoms with E-state index in [1.807, 2.05) is 12.1 Å². The molecule has 0 aliphatic carbocycles. The molecular formula is C17H21N5O3S. The molecule has 0 unspecified atom stereocenters. The molecule has 0 saturated carbocycles. The number of aryl methyl sites for hydroxylation is 1. The van der Waals surface area contributed by atoms with Crippen LogP contribution in [0.1, 0.15) is 20.1 Å². The number of nitrogens with zero attached hydrogens (tertiary/aromatic N) is 4. The number of anilines is 1. The van der Waals surface area contributed by atoms with Crippen molar-refractivity contribution in [2.75, 3.05) is 38.1 Å². The normalized spacial score (nSPS) is 15.1. The van der Waals surface area contributed by atoms with Gasteiger partial charge in [0.25, 0.3) is 11.6 Å². The molecule has 9 heteroatoms. The molecule has 26 heavy (non-hydrogen) atoms. The topological polar surface area (TPSA) is 91.6 Å². The summed E-state index contributed by atoms with van der Waals surface area (Å²) in [4.78, 5) is 32.5. The number of carbonyl (C=O) groups is 1. The molecule has 2 aromatic heterocycles. The summed E-state index contributed by atoms with van der Waals surface area (Å²) >= 11 is 1.13. The third-order valence-electron chi connectivity index (χ3n) is 4.40. The second kappa shape index (κ2) is 7.79. The van der Waals surface area contributed by atoms with Gasteiger partial charge < -0.3 is 15.1 Å². The van der Waals surface area contributed by atoms with Crippen molar-refractivity contribution in [1.82, 2.24) is 15.2 Å². The Kier molecular flexibility index (Phi) is 5.48. The summed E-state index contributed by atoms with van der Waals surface area (Å²) in [5, 5.41) is 13.7. The lowest BCUT2D eigenvalue weighted by Gasteiger charge is -2.33. The van der Waals surface area contributed by atoms with Gasteiger partial charge in [-0.1, -0.05) is 0 Å². The molecule has 0 aromatic carbocycles. The number of amides is 1. The van der Waals surface area contributed by atoms with Crippen LogP contribution in [0.25, 0.3) is 0 Å². The molecule has 1 aliphatic rings. The van der Waals surface area contributed by atoms with Crippen LogP contribution in [0.4, 0.5) is 11.5 Å². The minimum Gasteiger partial charge on any atom is -0.354 e. The number of nitro groups is 1. The highest BCUT2D eigenvalue weighted by atomic mass is 32.1. The van der Waals surface area contributed by atoms with Crippen LogP contribution in [-0.4, -0.2) is 53.9 Å². The maximum Gasteiger partial charge on any atom is 0.283 e. The summed E-state index contributed by atoms with van der Waals surface area (Å²) in [7, 11) is 2.10. The van der Waals surface area contributed by atoms with Gasteiger partial charge in [-0.2, -0.15) is 0 Å². The minimum absolute atomic E-state index is 0.0126. The third-order valence-corrected chi connectivity index (χ3v) is 5.44. The first-order valence-electron chi connectivity index (χ1n) is 8.35. The molecular weight excluding hydrogens is 354 g/mol. The number of pyridine rings is 1. The highest BCUT2D eigenvalue weighted by Gasteiger charge is 2.19. The first-order chi connectivity index (χ1) is 12.4. The van der Waals surface area contributed by atoms with E-state index in [0.717, 1.165) is 48.9 Å². The average molecular weight is 375 g/mol. The maximum atomic E-state index is 12.3. The van der Waals surface area contributed by atoms with E-state index in [-0.39, 0.29) is 11.6 Å². The summed E-state index contributed by atoms with van der Waals surface area (Å²) in [5.41, 5.74) is 0.937. The number of likely N-dealkylation sites (N-methyl/N-ethyl adjacent to an activating group) is 1. The number of piperazine rings is 1. The van der Waals surface area contributed by atoms with Crippen LogP contribution in [0.2, 0.25) is 0 Å². The molecule has 3 heterocycles. The average Bonchev–Trinajstić information content (AvgIpc) is 3.03. The Labute approximate surface area is 155 Å². The van der Waals surface area contributed by atoms with E-state index in [0.29, 0.717) is 16.3 Å². The van der Waals surface area contributed by atoms with Crippen LogP contribution in [0, 0.1) is 17.0 Å². The van der Waals surface area contributed by atoms with E-state index in [4.69, 9.17) is 0 Å². The van der Waals surface area contributed by atoms with Crippen molar-refractivity contribution < 1.29 is 9.72 Å². The van der Waals surface area contributed by atoms with E-state index in [9.17, 15) is 14.9 Å². The quantitative estimate of drug-likeness (QED) is 0.635. The van der Waals surface area contributed by atoms with E-state index < -0.39 is 4.92 Å². The first-order valence-corrected chi connectivity index (χ1v) is 9.17. The molecule has 1 aliphatic heterocycles. The number of aromatic nitrogens is 1. The van der Waals surface area contributed by atoms with Crippen molar-refractivity contribution >= 4 is 28.7 Å². The van der Waals surface area contributed by atoms with Gasteiger partial charge in [-0.25, -0.2) is 4.98 Å². The van der Waals surface area contributed by atoms with E-state index in [2.05, 4.69) is 27.1 Å². The number of nitrogens with one attached hydrogen (secondary N) is 1. The fraction of sp³-hybridized carbons (Fsp3) is 0.412. The van der Waals surface area contributed by atoms with Crippen molar-refractivity contribution in [3.63, 3.8) is 0 Å². The molecule has 0 atom stereocenters. The molecule has 8 nitrogen and oxygen atoms in total. The number of thiophene rings is 1. The highest BCUT2D eigenvalue weighted by molar-refractivity contribution is 7.14. The SMILES string of the molecule is Cc1sc(C(=O)NCc2ccnc(N3CCN(C)CC3)c2)cc1[N+](=O)[O-]. The van der Waals surface area contributed by atoms with Gasteiger partial charge in [-0.05, 0) is 31.7 Å². The Balaban J connectivity index is 1.62. The van der Waals surface area contributed by atoms with Gasteiger partial charge in [0.1, 0.15) is 5.82 Å². The number of hydrogen-bond acceptors (Lipinski definition) is 7. The molecule has 2 aromatic rings. The lowest BCUT2D eigenvalue weighted by Crippen LogP contribution is -2.44. The predicted octanol–water partition coefficient (Wildman–Crippen LogP) is 2.04. The molecule has 3 rings (SSSR count). The second-order valence-corrected chi connectivity index (χ2v) is 7.56. The number of rotatable bonds is 5. The van der Waals surface area contributed by atoms with Gasteiger partial charge in [0.2, 0.25) is 0 Å². The maximum absolute atomic E-state index is 12.3. The molecule has 1 saturated heterocycles. The van der Waals surface area contributed by atoms with Crippen LogP contribution in [0.3, 0.4) is 0 Å². The Hall–Kier alpha value is -2.52. The van der Waals surface area contributed by atoms with Crippen LogP contribution in [-0.2, 0) is 6.54 Å². The van der Waals surface area contributed by atoms with Crippen LogP contribution >= 0.6 is 11.3 Å². The zero-order valence-electron chi connectivity index (χ0n) is 14.8. The van der Waals surface area contributed by atoms with Crippen molar-refractivity contribution in [1.29, 1.82) is 0 Å². The molecule has 0 radical (unpaired) electrons. The van der Waals surface area contributed by atoms with E-state index >= 15 is 0 Å². The van der Waals surface area contributed by atoms with Crippen molar-refractivity contribution in [3.8, 4) is 0 Å². The zero-order valence-corrected chi connectivity index (χ0v) is 15.6. The molecule has 1 N–H and O–H groups in total. The van der Waals surface area contributed by atoms with Gasteiger partial charge in [-0.3, -0.25) is 14.9 Å². The van der Waals surface area contributed by atoms with Gasteiger partial charge in [0, 0.05) is 45.0 Å². The van der Waals surface area contributed by atoms with Crippen molar-refractivity contribution in [3.05, 3.63) is 49.8 Å². The highest BCUT2D eigenvalue weighted by Crippen LogP contribution is 2.28. The fourth-order valence-electron chi connectivity index (χ4n) is 2.81. The van der Waals surface area contributed by atoms with E-state index in [1.54, 1.807) is 13.1 Å². The first kappa shape index (κ1) is 18.3. The molecule has 138 valence electrons. The summed E-state index contributed by atoms with van der Waals surface area (Å²) in [5.74, 6) is 0.608. The lowest BCUT2D eigenvalue weighted by atomic mass is 10.2. The van der Waals surface area contributed by atoms with E-state index in [1.165, 1.54) is 6.07 Å². The number of carbonyl (C=O) groups excluding carboxylic acids is 1. The second-order valence-electron chi connectivity index (χ2n) is 6.30. The van der Waals surface area contributed by atoms with Crippen molar-refractivity contribution in [2.45, 2.75) is 13.5 Å². The Bertz CT molecular complexity index is 814. The van der Waals surface area contributed by atoms with Gasteiger partial charge in [0.15, 0.2) is 0 Å². The summed E-state index contributed by atoms with van der Waals surface area (Å²) in [6.07, 6.45) is 1.75. The third kappa shape index (κ3) is 4.17. The molecule has 0 bridgehead atoms. The van der Waals surface area contributed by atoms with Gasteiger partial charge >= 0.3 is 0 Å². The summed E-state index contributed by atoms with van der Waals surface area (Å²) < 4.78 is 0. The minimum atomic E-state index is -0.464. The van der Waals surface area contributed by atoms with Crippen molar-refractivity contribution in [2.24, 2.45) is 0 Å². The fourth-order valence-corrected chi connectivity index (χ4v) is 3.72. The van der Waals surface area contributed by atoms with Crippen LogP contribution in [0.15, 0.2) is 24.4 Å².